The molecule has 2 nitrogen and oxygen atoms in total. The van der Waals surface area contributed by atoms with Gasteiger partial charge in [-0.05, 0) is 74.2 Å². The van der Waals surface area contributed by atoms with Gasteiger partial charge in [-0.1, -0.05) is 153 Å². The molecule has 48 heavy (non-hydrogen) atoms. The van der Waals surface area contributed by atoms with Gasteiger partial charge >= 0.3 is 0 Å². The summed E-state index contributed by atoms with van der Waals surface area (Å²) in [6, 6.07) is 48.8. The maximum atomic E-state index is 5.53. The fourth-order valence-electron chi connectivity index (χ4n) is 9.32. The second-order valence-corrected chi connectivity index (χ2v) is 14.0. The average molecular weight is 615 g/mol. The zero-order chi connectivity index (χ0) is 32.0. The van der Waals surface area contributed by atoms with Crippen LogP contribution in [-0.2, 0) is 10.8 Å². The topological polar surface area (TPSA) is 25.8 Å². The van der Waals surface area contributed by atoms with Gasteiger partial charge < -0.3 is 0 Å². The molecule has 0 aliphatic heterocycles. The van der Waals surface area contributed by atoms with Gasteiger partial charge in [0.05, 0.1) is 16.6 Å². The lowest BCUT2D eigenvalue weighted by Gasteiger charge is -2.48. The first-order valence-corrected chi connectivity index (χ1v) is 17.1. The molecule has 1 aromatic heterocycles. The first-order chi connectivity index (χ1) is 23.6. The van der Waals surface area contributed by atoms with Crippen molar-refractivity contribution in [2.24, 2.45) is 0 Å². The molecule has 3 aliphatic rings. The fourth-order valence-corrected chi connectivity index (χ4v) is 9.32. The van der Waals surface area contributed by atoms with Gasteiger partial charge in [-0.3, -0.25) is 0 Å². The summed E-state index contributed by atoms with van der Waals surface area (Å²) in [5.41, 5.74) is 14.6. The molecule has 3 aliphatic carbocycles. The first-order valence-electron chi connectivity index (χ1n) is 17.1. The van der Waals surface area contributed by atoms with E-state index in [9.17, 15) is 0 Å². The van der Waals surface area contributed by atoms with Crippen LogP contribution in [0.1, 0.15) is 60.1 Å². The van der Waals surface area contributed by atoms with E-state index in [4.69, 9.17) is 9.97 Å². The van der Waals surface area contributed by atoms with Crippen LogP contribution < -0.4 is 0 Å². The molecule has 1 spiro atoms. The van der Waals surface area contributed by atoms with Gasteiger partial charge in [0.15, 0.2) is 5.82 Å². The van der Waals surface area contributed by atoms with E-state index in [1.807, 2.05) is 0 Å². The van der Waals surface area contributed by atoms with Crippen molar-refractivity contribution < 1.29 is 0 Å². The zero-order valence-electron chi connectivity index (χ0n) is 27.2. The van der Waals surface area contributed by atoms with Crippen molar-refractivity contribution in [2.75, 3.05) is 0 Å². The molecule has 7 aromatic rings. The fraction of sp³-hybridized carbons (Fsp3) is 0.130. The molecule has 0 saturated heterocycles. The van der Waals surface area contributed by atoms with Crippen molar-refractivity contribution in [1.82, 2.24) is 9.97 Å². The van der Waals surface area contributed by atoms with Gasteiger partial charge in [0.2, 0.25) is 0 Å². The first kappa shape index (κ1) is 27.5. The summed E-state index contributed by atoms with van der Waals surface area (Å²) >= 11 is 0. The number of fused-ring (bicyclic) bond motifs is 10. The van der Waals surface area contributed by atoms with Crippen LogP contribution >= 0.6 is 0 Å². The summed E-state index contributed by atoms with van der Waals surface area (Å²) in [5.74, 6) is 0.778. The average Bonchev–Trinajstić information content (AvgIpc) is 3.44. The number of hydrogen-bond donors (Lipinski definition) is 0. The molecule has 0 N–H and O–H groups in total. The van der Waals surface area contributed by atoms with Crippen LogP contribution in [-0.4, -0.2) is 9.97 Å². The zero-order valence-corrected chi connectivity index (χ0v) is 27.2. The van der Waals surface area contributed by atoms with Crippen LogP contribution in [0.15, 0.2) is 151 Å². The third-order valence-electron chi connectivity index (χ3n) is 11.2. The van der Waals surface area contributed by atoms with Gasteiger partial charge in [-0.2, -0.15) is 0 Å². The Balaban J connectivity index is 1.32. The third-order valence-corrected chi connectivity index (χ3v) is 11.2. The molecule has 1 atom stereocenters. The highest BCUT2D eigenvalue weighted by molar-refractivity contribution is 6.04. The number of rotatable bonds is 2. The Bertz CT molecular complexity index is 2540. The second-order valence-electron chi connectivity index (χ2n) is 14.0. The minimum atomic E-state index is -0.372. The summed E-state index contributed by atoms with van der Waals surface area (Å²) in [5, 5.41) is 3.48. The quantitative estimate of drug-likeness (QED) is 0.194. The lowest BCUT2D eigenvalue weighted by atomic mass is 9.54. The Kier molecular flexibility index (Phi) is 5.70. The van der Waals surface area contributed by atoms with Crippen molar-refractivity contribution in [3.63, 3.8) is 0 Å². The number of allylic oxidation sites excluding steroid dienone is 4. The molecule has 1 unspecified atom stereocenters. The van der Waals surface area contributed by atoms with E-state index in [-0.39, 0.29) is 10.8 Å². The number of aromatic nitrogens is 2. The van der Waals surface area contributed by atoms with Crippen LogP contribution in [0, 0.1) is 0 Å². The lowest BCUT2D eigenvalue weighted by molar-refractivity contribution is 0.551. The Labute approximate surface area is 281 Å². The molecule has 1 heterocycles. The van der Waals surface area contributed by atoms with E-state index in [0.29, 0.717) is 0 Å². The van der Waals surface area contributed by atoms with E-state index in [2.05, 4.69) is 159 Å². The lowest BCUT2D eigenvalue weighted by Crippen LogP contribution is -2.42. The Hall–Kier alpha value is -5.60. The van der Waals surface area contributed by atoms with Gasteiger partial charge in [0.25, 0.3) is 0 Å². The van der Waals surface area contributed by atoms with Gasteiger partial charge in [-0.15, -0.1) is 0 Å². The molecule has 0 fully saturated rings. The Morgan fingerprint density at radius 1 is 0.542 bits per heavy atom. The smallest absolute Gasteiger partial charge is 0.160 e. The standard InChI is InChI=1S/C46H34N2/c1-45(2)38-25-10-11-26-39(38)46(36-23-8-5-18-31(36)32-19-6-9-24-37(32)46)40-27-14-22-35(42(40)45)44-47-41-28-12-7-20-34(41)43(48-44)33-21-13-16-29-15-3-4-17-30(29)33/h3-8,10-23,25-28H,9,24H2,1-2H3. The highest BCUT2D eigenvalue weighted by atomic mass is 14.9. The van der Waals surface area contributed by atoms with E-state index in [1.165, 1.54) is 55.3 Å². The van der Waals surface area contributed by atoms with Crippen molar-refractivity contribution >= 4 is 27.2 Å². The third kappa shape index (κ3) is 3.52. The van der Waals surface area contributed by atoms with Crippen LogP contribution in [0.4, 0.5) is 0 Å². The molecular formula is C46H34N2. The van der Waals surface area contributed by atoms with E-state index >= 15 is 0 Å². The summed E-state index contributed by atoms with van der Waals surface area (Å²) in [7, 11) is 0. The van der Waals surface area contributed by atoms with Crippen LogP contribution in [0.5, 0.6) is 0 Å². The number of para-hydroxylation sites is 1. The van der Waals surface area contributed by atoms with E-state index in [0.717, 1.165) is 46.4 Å². The maximum Gasteiger partial charge on any atom is 0.160 e. The van der Waals surface area contributed by atoms with Gasteiger partial charge in [-0.25, -0.2) is 9.97 Å². The second kappa shape index (κ2) is 9.95. The van der Waals surface area contributed by atoms with Crippen LogP contribution in [0.25, 0.3) is 49.9 Å². The number of benzene rings is 6. The summed E-state index contributed by atoms with van der Waals surface area (Å²) in [4.78, 5) is 10.9. The molecule has 0 saturated carbocycles. The summed E-state index contributed by atoms with van der Waals surface area (Å²) in [6.07, 6.45) is 6.82. The summed E-state index contributed by atoms with van der Waals surface area (Å²) < 4.78 is 0. The molecular weight excluding hydrogens is 581 g/mol. The predicted molar refractivity (Wildman–Crippen MR) is 198 cm³/mol. The Morgan fingerprint density at radius 3 is 2.08 bits per heavy atom. The maximum absolute atomic E-state index is 5.53. The monoisotopic (exact) mass is 614 g/mol. The van der Waals surface area contributed by atoms with Crippen LogP contribution in [0.3, 0.4) is 0 Å². The normalized spacial score (nSPS) is 18.5. The molecule has 2 heteroatoms. The van der Waals surface area contributed by atoms with Gasteiger partial charge in [0, 0.05) is 21.9 Å². The van der Waals surface area contributed by atoms with E-state index < -0.39 is 0 Å². The largest absolute Gasteiger partial charge is 0.228 e. The molecule has 0 amide bonds. The van der Waals surface area contributed by atoms with Crippen LogP contribution in [0.2, 0.25) is 0 Å². The van der Waals surface area contributed by atoms with Crippen molar-refractivity contribution in [3.8, 4) is 22.6 Å². The number of hydrogen-bond acceptors (Lipinski definition) is 2. The highest BCUT2D eigenvalue weighted by Gasteiger charge is 2.54. The summed E-state index contributed by atoms with van der Waals surface area (Å²) in [6.45, 7) is 4.79. The minimum absolute atomic E-state index is 0.287. The minimum Gasteiger partial charge on any atom is -0.228 e. The molecule has 228 valence electrons. The van der Waals surface area contributed by atoms with Crippen molar-refractivity contribution in [1.29, 1.82) is 0 Å². The highest BCUT2D eigenvalue weighted by Crippen LogP contribution is 2.63. The number of nitrogens with zero attached hydrogens (tertiary/aromatic N) is 2. The van der Waals surface area contributed by atoms with Crippen molar-refractivity contribution in [2.45, 2.75) is 37.5 Å². The SMILES string of the molecule is CC1(C)c2ccccc2C2(C3=C(C=CCC3)c3ccccc32)c2cccc(-c3nc(-c4cccc5ccccc45)c4ccccc4n3)c21. The Morgan fingerprint density at radius 2 is 1.19 bits per heavy atom. The van der Waals surface area contributed by atoms with Crippen molar-refractivity contribution in [3.05, 3.63) is 185 Å². The van der Waals surface area contributed by atoms with Gasteiger partial charge in [0.1, 0.15) is 0 Å². The van der Waals surface area contributed by atoms with E-state index in [1.54, 1.807) is 0 Å². The molecule has 0 bridgehead atoms. The molecule has 6 aromatic carbocycles. The molecule has 0 radical (unpaired) electrons. The molecule has 10 rings (SSSR count). The predicted octanol–water partition coefficient (Wildman–Crippen LogP) is 11.2.